The molecule has 0 aliphatic carbocycles. The maximum absolute atomic E-state index is 12.4. The van der Waals surface area contributed by atoms with Crippen LogP contribution in [0.1, 0.15) is 29.6 Å². The van der Waals surface area contributed by atoms with E-state index in [1.807, 2.05) is 0 Å². The predicted octanol–water partition coefficient (Wildman–Crippen LogP) is 1.95. The average Bonchev–Trinajstić information content (AvgIpc) is 3.33. The van der Waals surface area contributed by atoms with E-state index < -0.39 is 0 Å². The van der Waals surface area contributed by atoms with Gasteiger partial charge in [0.15, 0.2) is 5.82 Å². The Balaban J connectivity index is 1.41. The monoisotopic (exact) mass is 408 g/mol. The van der Waals surface area contributed by atoms with E-state index in [9.17, 15) is 15.0 Å². The van der Waals surface area contributed by atoms with Crippen molar-refractivity contribution in [2.75, 3.05) is 20.1 Å². The Morgan fingerprint density at radius 2 is 2.10 bits per heavy atom. The standard InChI is InChI=1S/C21H24N6O3/c1-26-10-2-3-16(26)7-9-23-20(29)15-4-5-18(24-12-15)27-21(30)17(13-25-27)14-6-8-22-19(28)11-14/h4-6,8,11-13,16,30H,2-3,7,9-10H2,1H3,(H,22,28)(H,23,29). The predicted molar refractivity (Wildman–Crippen MR) is 111 cm³/mol. The van der Waals surface area contributed by atoms with E-state index in [4.69, 9.17) is 0 Å². The highest BCUT2D eigenvalue weighted by atomic mass is 16.3. The van der Waals surface area contributed by atoms with Gasteiger partial charge in [-0.2, -0.15) is 9.78 Å². The molecule has 9 nitrogen and oxygen atoms in total. The van der Waals surface area contributed by atoms with Gasteiger partial charge in [0.2, 0.25) is 11.8 Å². The smallest absolute Gasteiger partial charge is 0.252 e. The number of likely N-dealkylation sites (tertiary alicyclic amines) is 1. The molecule has 1 aliphatic heterocycles. The van der Waals surface area contributed by atoms with Crippen LogP contribution in [0.15, 0.2) is 42.9 Å². The Morgan fingerprint density at radius 1 is 1.23 bits per heavy atom. The number of carbonyl (C=O) groups is 1. The van der Waals surface area contributed by atoms with Gasteiger partial charge in [0.1, 0.15) is 0 Å². The third-order valence-electron chi connectivity index (χ3n) is 5.46. The largest absolute Gasteiger partial charge is 0.493 e. The number of nitrogens with one attached hydrogen (secondary N) is 1. The lowest BCUT2D eigenvalue weighted by Gasteiger charge is -2.19. The normalized spacial score (nSPS) is 16.6. The Labute approximate surface area is 174 Å². The zero-order valence-corrected chi connectivity index (χ0v) is 16.7. The quantitative estimate of drug-likeness (QED) is 0.571. The SMILES string of the molecule is CN1CCCC1CCNC(=O)c1ccc(-n2ncc(-c3ccnc(O)c3)c2O)nc1. The molecule has 0 spiro atoms. The average molecular weight is 408 g/mol. The first-order chi connectivity index (χ1) is 14.5. The van der Waals surface area contributed by atoms with Gasteiger partial charge in [0.05, 0.1) is 17.3 Å². The molecule has 3 N–H and O–H groups in total. The molecule has 3 aromatic heterocycles. The van der Waals surface area contributed by atoms with Crippen LogP contribution in [0.25, 0.3) is 16.9 Å². The lowest BCUT2D eigenvalue weighted by atomic mass is 10.1. The fourth-order valence-electron chi connectivity index (χ4n) is 3.74. The van der Waals surface area contributed by atoms with E-state index in [0.29, 0.717) is 35.1 Å². The van der Waals surface area contributed by atoms with Gasteiger partial charge >= 0.3 is 0 Å². The van der Waals surface area contributed by atoms with Gasteiger partial charge in [-0.3, -0.25) is 4.79 Å². The molecule has 3 aromatic rings. The van der Waals surface area contributed by atoms with Crippen molar-refractivity contribution in [3.05, 3.63) is 48.4 Å². The van der Waals surface area contributed by atoms with Gasteiger partial charge in [-0.15, -0.1) is 0 Å². The van der Waals surface area contributed by atoms with Crippen LogP contribution in [0.4, 0.5) is 0 Å². The summed E-state index contributed by atoms with van der Waals surface area (Å²) in [6, 6.07) is 6.90. The molecule has 0 saturated carbocycles. The van der Waals surface area contributed by atoms with Crippen molar-refractivity contribution < 1.29 is 15.0 Å². The molecule has 4 heterocycles. The van der Waals surface area contributed by atoms with Crippen molar-refractivity contribution in [2.24, 2.45) is 0 Å². The maximum Gasteiger partial charge on any atom is 0.252 e. The second-order valence-corrected chi connectivity index (χ2v) is 7.42. The molecular weight excluding hydrogens is 384 g/mol. The second-order valence-electron chi connectivity index (χ2n) is 7.42. The highest BCUT2D eigenvalue weighted by Crippen LogP contribution is 2.31. The number of hydrogen-bond acceptors (Lipinski definition) is 7. The van der Waals surface area contributed by atoms with Crippen molar-refractivity contribution in [3.8, 4) is 28.7 Å². The zero-order chi connectivity index (χ0) is 21.1. The van der Waals surface area contributed by atoms with E-state index in [1.165, 1.54) is 42.2 Å². The summed E-state index contributed by atoms with van der Waals surface area (Å²) in [5.74, 6) is -0.0628. The number of aromatic nitrogens is 4. The summed E-state index contributed by atoms with van der Waals surface area (Å²) >= 11 is 0. The molecule has 1 amide bonds. The fraction of sp³-hybridized carbons (Fsp3) is 0.333. The number of aromatic hydroxyl groups is 2. The second kappa shape index (κ2) is 8.50. The van der Waals surface area contributed by atoms with E-state index in [2.05, 4.69) is 32.3 Å². The minimum Gasteiger partial charge on any atom is -0.493 e. The molecule has 0 bridgehead atoms. The van der Waals surface area contributed by atoms with Gasteiger partial charge in [-0.25, -0.2) is 9.97 Å². The van der Waals surface area contributed by atoms with Crippen LogP contribution >= 0.6 is 0 Å². The summed E-state index contributed by atoms with van der Waals surface area (Å²) in [5, 5.41) is 27.2. The van der Waals surface area contributed by atoms with Gasteiger partial charge in [-0.1, -0.05) is 0 Å². The van der Waals surface area contributed by atoms with E-state index in [1.54, 1.807) is 18.2 Å². The van der Waals surface area contributed by atoms with E-state index in [-0.39, 0.29) is 17.7 Å². The van der Waals surface area contributed by atoms with Crippen LogP contribution in [0.2, 0.25) is 0 Å². The van der Waals surface area contributed by atoms with Crippen molar-refractivity contribution in [1.29, 1.82) is 0 Å². The maximum atomic E-state index is 12.4. The number of pyridine rings is 2. The highest BCUT2D eigenvalue weighted by molar-refractivity contribution is 5.93. The van der Waals surface area contributed by atoms with Crippen LogP contribution < -0.4 is 5.32 Å². The first-order valence-electron chi connectivity index (χ1n) is 9.90. The summed E-state index contributed by atoms with van der Waals surface area (Å²) in [6.45, 7) is 1.74. The summed E-state index contributed by atoms with van der Waals surface area (Å²) in [4.78, 5) is 22.7. The number of nitrogens with zero attached hydrogens (tertiary/aromatic N) is 5. The van der Waals surface area contributed by atoms with E-state index >= 15 is 0 Å². The summed E-state index contributed by atoms with van der Waals surface area (Å²) < 4.78 is 1.27. The van der Waals surface area contributed by atoms with Crippen molar-refractivity contribution in [1.82, 2.24) is 30.0 Å². The molecule has 156 valence electrons. The molecule has 1 fully saturated rings. The summed E-state index contributed by atoms with van der Waals surface area (Å²) in [7, 11) is 2.12. The van der Waals surface area contributed by atoms with Crippen molar-refractivity contribution in [2.45, 2.75) is 25.3 Å². The molecule has 4 rings (SSSR count). The lowest BCUT2D eigenvalue weighted by molar-refractivity contribution is 0.0950. The van der Waals surface area contributed by atoms with Crippen molar-refractivity contribution >= 4 is 5.91 Å². The molecule has 1 saturated heterocycles. The highest BCUT2D eigenvalue weighted by Gasteiger charge is 2.20. The third-order valence-corrected chi connectivity index (χ3v) is 5.46. The van der Waals surface area contributed by atoms with Gasteiger partial charge < -0.3 is 20.4 Å². The number of amides is 1. The molecular formula is C21H24N6O3. The Bertz CT molecular complexity index is 1030. The van der Waals surface area contributed by atoms with Crippen LogP contribution in [0.5, 0.6) is 11.8 Å². The van der Waals surface area contributed by atoms with Gasteiger partial charge in [-0.05, 0) is 56.6 Å². The summed E-state index contributed by atoms with van der Waals surface area (Å²) in [5.41, 5.74) is 1.47. The fourth-order valence-corrected chi connectivity index (χ4v) is 3.74. The first-order valence-corrected chi connectivity index (χ1v) is 9.90. The van der Waals surface area contributed by atoms with Gasteiger partial charge in [0, 0.05) is 31.0 Å². The van der Waals surface area contributed by atoms with Crippen LogP contribution in [-0.2, 0) is 0 Å². The molecule has 1 atom stereocenters. The topological polar surface area (TPSA) is 116 Å². The van der Waals surface area contributed by atoms with Crippen LogP contribution in [0.3, 0.4) is 0 Å². The van der Waals surface area contributed by atoms with Crippen molar-refractivity contribution in [3.63, 3.8) is 0 Å². The van der Waals surface area contributed by atoms with Gasteiger partial charge in [0.25, 0.3) is 5.91 Å². The molecule has 1 unspecified atom stereocenters. The first kappa shape index (κ1) is 19.8. The number of rotatable bonds is 6. The molecule has 30 heavy (non-hydrogen) atoms. The Morgan fingerprint density at radius 3 is 2.80 bits per heavy atom. The molecule has 0 radical (unpaired) electrons. The summed E-state index contributed by atoms with van der Waals surface area (Å²) in [6.07, 6.45) is 7.71. The Kier molecular flexibility index (Phi) is 5.62. The van der Waals surface area contributed by atoms with E-state index in [0.717, 1.165) is 13.0 Å². The van der Waals surface area contributed by atoms with Crippen LogP contribution in [-0.4, -0.2) is 66.9 Å². The minimum absolute atomic E-state index is 0.119. The third kappa shape index (κ3) is 4.11. The molecule has 1 aliphatic rings. The molecule has 9 heteroatoms. The Hall–Kier alpha value is -3.46. The number of hydrogen-bond donors (Lipinski definition) is 3. The lowest BCUT2D eigenvalue weighted by Crippen LogP contribution is -2.31. The molecule has 0 aromatic carbocycles. The minimum atomic E-state index is -0.174. The van der Waals surface area contributed by atoms with Crippen LogP contribution in [0, 0.1) is 0 Å². The number of carbonyl (C=O) groups excluding carboxylic acids is 1. The zero-order valence-electron chi connectivity index (χ0n) is 16.7.